The number of anilines is 1. The summed E-state index contributed by atoms with van der Waals surface area (Å²) in [6.07, 6.45) is 3.90. The van der Waals surface area contributed by atoms with Crippen LogP contribution in [0.4, 0.5) is 10.3 Å². The molecule has 0 amide bonds. The van der Waals surface area contributed by atoms with Gasteiger partial charge in [0.1, 0.15) is 5.75 Å². The molecule has 36 heavy (non-hydrogen) atoms. The topological polar surface area (TPSA) is 74.4 Å². The van der Waals surface area contributed by atoms with E-state index in [-0.39, 0.29) is 11.6 Å². The minimum absolute atomic E-state index is 0.0163. The summed E-state index contributed by atoms with van der Waals surface area (Å²) in [5, 5.41) is 0.661. The molecular formula is C27H28FN5O3. The van der Waals surface area contributed by atoms with Crippen LogP contribution in [0.15, 0.2) is 59.7 Å². The molecule has 8 nitrogen and oxygen atoms in total. The molecule has 4 heterocycles. The summed E-state index contributed by atoms with van der Waals surface area (Å²) in [5.41, 5.74) is 3.50. The second kappa shape index (κ2) is 9.39. The second-order valence-electron chi connectivity index (χ2n) is 9.23. The molecule has 9 heteroatoms. The van der Waals surface area contributed by atoms with E-state index in [4.69, 9.17) is 9.47 Å². The van der Waals surface area contributed by atoms with Gasteiger partial charge in [-0.1, -0.05) is 24.3 Å². The van der Waals surface area contributed by atoms with Crippen molar-refractivity contribution in [1.82, 2.24) is 19.3 Å². The lowest BCUT2D eigenvalue weighted by atomic mass is 9.99. The van der Waals surface area contributed by atoms with Crippen molar-refractivity contribution in [3.63, 3.8) is 0 Å². The third kappa shape index (κ3) is 4.03. The van der Waals surface area contributed by atoms with Gasteiger partial charge in [-0.2, -0.15) is 0 Å². The minimum Gasteiger partial charge on any atom is -0.460 e. The van der Waals surface area contributed by atoms with Crippen LogP contribution in [0.25, 0.3) is 22.0 Å². The summed E-state index contributed by atoms with van der Waals surface area (Å²) in [6.45, 7) is 4.92. The first-order chi connectivity index (χ1) is 17.6. The smallest absolute Gasteiger partial charge is 0.274 e. The highest BCUT2D eigenvalue weighted by Crippen LogP contribution is 2.37. The lowest BCUT2D eigenvalue weighted by Crippen LogP contribution is -2.37. The van der Waals surface area contributed by atoms with E-state index in [0.29, 0.717) is 36.8 Å². The fourth-order valence-corrected chi connectivity index (χ4v) is 5.27. The quantitative estimate of drug-likeness (QED) is 0.419. The van der Waals surface area contributed by atoms with Crippen LogP contribution in [0.1, 0.15) is 31.4 Å². The van der Waals surface area contributed by atoms with Gasteiger partial charge in [0.05, 0.1) is 30.2 Å². The Morgan fingerprint density at radius 2 is 1.83 bits per heavy atom. The molecule has 2 unspecified atom stereocenters. The first kappa shape index (κ1) is 22.7. The number of halogens is 1. The van der Waals surface area contributed by atoms with Gasteiger partial charge < -0.3 is 14.4 Å². The van der Waals surface area contributed by atoms with E-state index in [9.17, 15) is 9.18 Å². The van der Waals surface area contributed by atoms with Gasteiger partial charge in [0.2, 0.25) is 12.3 Å². The number of rotatable bonds is 5. The zero-order chi connectivity index (χ0) is 24.6. The lowest BCUT2D eigenvalue weighted by Gasteiger charge is -2.29. The minimum atomic E-state index is -1.43. The van der Waals surface area contributed by atoms with Gasteiger partial charge in [0.15, 0.2) is 0 Å². The average Bonchev–Trinajstić information content (AvgIpc) is 3.21. The Morgan fingerprint density at radius 1 is 1.06 bits per heavy atom. The van der Waals surface area contributed by atoms with Crippen molar-refractivity contribution in [2.45, 2.75) is 38.7 Å². The monoisotopic (exact) mass is 489 g/mol. The molecule has 2 aliphatic rings. The Kier molecular flexibility index (Phi) is 5.92. The third-order valence-electron chi connectivity index (χ3n) is 6.95. The number of nitrogens with zero attached hydrogens (tertiary/aromatic N) is 5. The highest BCUT2D eigenvalue weighted by atomic mass is 19.1. The number of ether oxygens (including phenoxy) is 2. The number of fused-ring (bicyclic) bond motifs is 3. The van der Waals surface area contributed by atoms with E-state index in [2.05, 4.69) is 19.5 Å². The summed E-state index contributed by atoms with van der Waals surface area (Å²) >= 11 is 0. The van der Waals surface area contributed by atoms with Crippen molar-refractivity contribution >= 4 is 16.9 Å². The predicted octanol–water partition coefficient (Wildman–Crippen LogP) is 4.17. The summed E-state index contributed by atoms with van der Waals surface area (Å²) in [6, 6.07) is 13.2. The first-order valence-corrected chi connectivity index (χ1v) is 12.4. The number of hydrogen-bond donors (Lipinski definition) is 0. The molecule has 0 saturated carbocycles. The molecule has 2 aromatic heterocycles. The second-order valence-corrected chi connectivity index (χ2v) is 9.23. The average molecular weight is 490 g/mol. The number of hydrogen-bond acceptors (Lipinski definition) is 6. The van der Waals surface area contributed by atoms with Crippen LogP contribution in [0, 0.1) is 0 Å². The van der Waals surface area contributed by atoms with Crippen LogP contribution in [-0.2, 0) is 11.3 Å². The number of benzene rings is 2. The molecule has 0 N–H and O–H groups in total. The van der Waals surface area contributed by atoms with Crippen LogP contribution >= 0.6 is 0 Å². The summed E-state index contributed by atoms with van der Waals surface area (Å²) in [7, 11) is 0. The molecule has 0 aliphatic carbocycles. The van der Waals surface area contributed by atoms with Crippen molar-refractivity contribution in [2.24, 2.45) is 0 Å². The van der Waals surface area contributed by atoms with Gasteiger partial charge in [-0.3, -0.25) is 9.48 Å². The zero-order valence-corrected chi connectivity index (χ0v) is 20.1. The van der Waals surface area contributed by atoms with Gasteiger partial charge in [0.25, 0.3) is 5.56 Å². The molecule has 6 rings (SSSR count). The zero-order valence-electron chi connectivity index (χ0n) is 20.1. The maximum Gasteiger partial charge on any atom is 0.274 e. The van der Waals surface area contributed by atoms with Crippen LogP contribution in [0.3, 0.4) is 0 Å². The molecular weight excluding hydrogens is 461 g/mol. The van der Waals surface area contributed by atoms with E-state index in [1.807, 2.05) is 48.8 Å². The predicted molar refractivity (Wildman–Crippen MR) is 135 cm³/mol. The molecule has 2 aromatic carbocycles. The summed E-state index contributed by atoms with van der Waals surface area (Å²) < 4.78 is 28.5. The van der Waals surface area contributed by atoms with Crippen LogP contribution in [-0.4, -0.2) is 52.0 Å². The molecule has 4 aromatic rings. The van der Waals surface area contributed by atoms with Crippen LogP contribution in [0.2, 0.25) is 0 Å². The Morgan fingerprint density at radius 3 is 2.61 bits per heavy atom. The van der Waals surface area contributed by atoms with E-state index in [0.717, 1.165) is 48.1 Å². The fraction of sp³-hybridized carbons (Fsp3) is 0.370. The molecule has 1 fully saturated rings. The number of para-hydroxylation sites is 1. The van der Waals surface area contributed by atoms with E-state index >= 15 is 0 Å². The van der Waals surface area contributed by atoms with Gasteiger partial charge in [-0.25, -0.2) is 19.0 Å². The molecule has 1 saturated heterocycles. The third-order valence-corrected chi connectivity index (χ3v) is 6.95. The van der Waals surface area contributed by atoms with Crippen molar-refractivity contribution in [2.75, 3.05) is 31.2 Å². The Hall–Kier alpha value is -3.72. The summed E-state index contributed by atoms with van der Waals surface area (Å²) in [5.74, 6) is 1.20. The van der Waals surface area contributed by atoms with E-state index in [1.54, 1.807) is 10.7 Å². The lowest BCUT2D eigenvalue weighted by molar-refractivity contribution is 0.0837. The van der Waals surface area contributed by atoms with Crippen LogP contribution in [0.5, 0.6) is 5.75 Å². The molecule has 186 valence electrons. The van der Waals surface area contributed by atoms with Gasteiger partial charge in [0, 0.05) is 50.1 Å². The highest BCUT2D eigenvalue weighted by molar-refractivity contribution is 5.84. The number of morpholine rings is 1. The molecule has 0 spiro atoms. The summed E-state index contributed by atoms with van der Waals surface area (Å²) in [4.78, 5) is 24.6. The Bertz CT molecular complexity index is 1440. The normalized spacial score (nSPS) is 18.7. The SMILES string of the molecule is CC(F)Oc1ccccc1C1CCCn2c(=O)c3ccc(-c4cnc(N5CCOCC5)nc4)cc3n21. The number of aromatic nitrogens is 4. The standard InChI is InChI=1S/C27H28FN5O3/c1-18(28)36-25-7-3-2-5-21(25)23-6-4-10-32-26(34)22-9-8-19(15-24(22)33(23)32)20-16-29-27(30-17-20)31-11-13-35-14-12-31/h2-3,5,7-9,15-18,23H,4,6,10-14H2,1H3. The number of alkyl halides is 1. The highest BCUT2D eigenvalue weighted by Gasteiger charge is 2.28. The molecule has 2 atom stereocenters. The molecule has 0 bridgehead atoms. The van der Waals surface area contributed by atoms with Crippen molar-refractivity contribution in [1.29, 1.82) is 0 Å². The largest absolute Gasteiger partial charge is 0.460 e. The van der Waals surface area contributed by atoms with Crippen molar-refractivity contribution in [3.05, 3.63) is 70.8 Å². The Balaban J connectivity index is 1.42. The van der Waals surface area contributed by atoms with Gasteiger partial charge >= 0.3 is 0 Å². The molecule has 2 aliphatic heterocycles. The van der Waals surface area contributed by atoms with E-state index < -0.39 is 6.36 Å². The van der Waals surface area contributed by atoms with Gasteiger partial charge in [-0.05, 0) is 36.6 Å². The fourth-order valence-electron chi connectivity index (χ4n) is 5.27. The van der Waals surface area contributed by atoms with E-state index in [1.165, 1.54) is 6.92 Å². The van der Waals surface area contributed by atoms with Crippen molar-refractivity contribution in [3.8, 4) is 16.9 Å². The Labute approximate surface area is 207 Å². The molecule has 0 radical (unpaired) electrons. The maximum atomic E-state index is 13.8. The maximum absolute atomic E-state index is 13.8. The van der Waals surface area contributed by atoms with Gasteiger partial charge in [-0.15, -0.1) is 0 Å². The van der Waals surface area contributed by atoms with Crippen molar-refractivity contribution < 1.29 is 13.9 Å². The van der Waals surface area contributed by atoms with Crippen LogP contribution < -0.4 is 15.2 Å². The first-order valence-electron chi connectivity index (χ1n) is 12.4.